The molecule has 6 heteroatoms. The van der Waals surface area contributed by atoms with Crippen LogP contribution in [-0.4, -0.2) is 34.6 Å². The molecule has 1 saturated heterocycles. The van der Waals surface area contributed by atoms with Crippen molar-refractivity contribution in [2.24, 2.45) is 5.84 Å². The average molecular weight is 253 g/mol. The summed E-state index contributed by atoms with van der Waals surface area (Å²) in [5.74, 6) is 9.60. The molecule has 3 N–H and O–H groups in total. The first-order chi connectivity index (χ1) is 8.20. The monoisotopic (exact) mass is 253 g/mol. The molecule has 0 radical (unpaired) electrons. The van der Waals surface area contributed by atoms with Crippen LogP contribution in [0.3, 0.4) is 0 Å². The summed E-state index contributed by atoms with van der Waals surface area (Å²) in [4.78, 5) is 11.3. The topological polar surface area (TPSA) is 67.1 Å². The fourth-order valence-corrected chi connectivity index (χ4v) is 2.63. The molecule has 0 spiro atoms. The molecule has 17 heavy (non-hydrogen) atoms. The average Bonchev–Trinajstić information content (AvgIpc) is 2.39. The minimum absolute atomic E-state index is 0.378. The smallest absolute Gasteiger partial charge is 0.227 e. The summed E-state index contributed by atoms with van der Waals surface area (Å²) in [6.07, 6.45) is 0. The summed E-state index contributed by atoms with van der Waals surface area (Å²) < 4.78 is 0. The molecule has 1 aromatic heterocycles. The summed E-state index contributed by atoms with van der Waals surface area (Å²) in [5.41, 5.74) is 3.65. The van der Waals surface area contributed by atoms with Gasteiger partial charge in [0, 0.05) is 30.7 Å². The van der Waals surface area contributed by atoms with Crippen molar-refractivity contribution in [2.75, 3.05) is 34.9 Å². The Balaban J connectivity index is 2.28. The number of rotatable bonds is 3. The van der Waals surface area contributed by atoms with E-state index >= 15 is 0 Å². The summed E-state index contributed by atoms with van der Waals surface area (Å²) in [5, 5.41) is 0. The molecule has 2 rings (SSSR count). The van der Waals surface area contributed by atoms with E-state index in [1.165, 1.54) is 0 Å². The van der Waals surface area contributed by atoms with Crippen LogP contribution in [0.5, 0.6) is 0 Å². The van der Waals surface area contributed by atoms with Crippen LogP contribution in [0.25, 0.3) is 0 Å². The molecule has 5 nitrogen and oxygen atoms in total. The summed E-state index contributed by atoms with van der Waals surface area (Å²) >= 11 is 1.98. The van der Waals surface area contributed by atoms with Gasteiger partial charge in [-0.3, -0.25) is 0 Å². The number of hydrogen-bond acceptors (Lipinski definition) is 6. The second-order valence-electron chi connectivity index (χ2n) is 4.38. The van der Waals surface area contributed by atoms with Gasteiger partial charge in [-0.15, -0.1) is 0 Å². The van der Waals surface area contributed by atoms with Crippen molar-refractivity contribution in [3.8, 4) is 0 Å². The van der Waals surface area contributed by atoms with Crippen LogP contribution in [0, 0.1) is 0 Å². The number of nitrogens with one attached hydrogen (secondary N) is 1. The van der Waals surface area contributed by atoms with E-state index in [4.69, 9.17) is 5.84 Å². The van der Waals surface area contributed by atoms with Crippen molar-refractivity contribution in [3.63, 3.8) is 0 Å². The first-order valence-corrected chi connectivity index (χ1v) is 7.04. The first-order valence-electron chi connectivity index (χ1n) is 5.89. The zero-order valence-corrected chi connectivity index (χ0v) is 11.1. The zero-order valence-electron chi connectivity index (χ0n) is 10.3. The molecule has 0 unspecified atom stereocenters. The maximum atomic E-state index is 5.45. The standard InChI is InChI=1S/C11H19N5S/c1-8(2)9-7-10(15-12)14-11(13-9)16-3-5-17-6-4-16/h7-8H,3-6,12H2,1-2H3,(H,13,14,15). The maximum Gasteiger partial charge on any atom is 0.227 e. The Morgan fingerprint density at radius 2 is 2.06 bits per heavy atom. The van der Waals surface area contributed by atoms with Gasteiger partial charge in [-0.2, -0.15) is 16.7 Å². The Hall–Kier alpha value is -1.01. The molecule has 0 saturated carbocycles. The zero-order chi connectivity index (χ0) is 12.3. The summed E-state index contributed by atoms with van der Waals surface area (Å²) in [7, 11) is 0. The van der Waals surface area contributed by atoms with Crippen LogP contribution in [0.4, 0.5) is 11.8 Å². The second-order valence-corrected chi connectivity index (χ2v) is 5.60. The van der Waals surface area contributed by atoms with E-state index in [0.29, 0.717) is 11.7 Å². The molecule has 0 atom stereocenters. The molecule has 0 amide bonds. The molecule has 0 bridgehead atoms. The Kier molecular flexibility index (Phi) is 4.06. The highest BCUT2D eigenvalue weighted by atomic mass is 32.2. The van der Waals surface area contributed by atoms with Gasteiger partial charge in [-0.25, -0.2) is 10.8 Å². The molecule has 1 aliphatic heterocycles. The number of aromatic nitrogens is 2. The molecule has 1 aromatic rings. The maximum absolute atomic E-state index is 5.45. The number of nitrogens with zero attached hydrogens (tertiary/aromatic N) is 3. The van der Waals surface area contributed by atoms with Gasteiger partial charge in [0.15, 0.2) is 0 Å². The molecule has 2 heterocycles. The molecule has 0 aromatic carbocycles. The highest BCUT2D eigenvalue weighted by Crippen LogP contribution is 2.21. The van der Waals surface area contributed by atoms with Crippen molar-refractivity contribution >= 4 is 23.5 Å². The lowest BCUT2D eigenvalue weighted by atomic mass is 10.1. The Morgan fingerprint density at radius 3 is 2.65 bits per heavy atom. The molecule has 0 aliphatic carbocycles. The molecule has 94 valence electrons. The van der Waals surface area contributed by atoms with E-state index in [1.807, 2.05) is 17.8 Å². The van der Waals surface area contributed by atoms with Crippen LogP contribution in [-0.2, 0) is 0 Å². The van der Waals surface area contributed by atoms with Crippen LogP contribution < -0.4 is 16.2 Å². The van der Waals surface area contributed by atoms with E-state index in [0.717, 1.165) is 36.2 Å². The Labute approximate surface area is 106 Å². The fourth-order valence-electron chi connectivity index (χ4n) is 1.73. The highest BCUT2D eigenvalue weighted by molar-refractivity contribution is 7.99. The number of anilines is 2. The third kappa shape index (κ3) is 3.01. The van der Waals surface area contributed by atoms with Crippen molar-refractivity contribution in [3.05, 3.63) is 11.8 Å². The lowest BCUT2D eigenvalue weighted by Crippen LogP contribution is -2.34. The van der Waals surface area contributed by atoms with Crippen molar-refractivity contribution < 1.29 is 0 Å². The van der Waals surface area contributed by atoms with E-state index < -0.39 is 0 Å². The molecule has 1 fully saturated rings. The van der Waals surface area contributed by atoms with Crippen LogP contribution in [0.2, 0.25) is 0 Å². The molecule has 1 aliphatic rings. The van der Waals surface area contributed by atoms with Gasteiger partial charge in [0.1, 0.15) is 5.82 Å². The quantitative estimate of drug-likeness (QED) is 0.627. The van der Waals surface area contributed by atoms with Gasteiger partial charge in [0.25, 0.3) is 0 Å². The predicted octanol–water partition coefficient (Wildman–Crippen LogP) is 1.44. The van der Waals surface area contributed by atoms with Gasteiger partial charge >= 0.3 is 0 Å². The van der Waals surface area contributed by atoms with Crippen LogP contribution >= 0.6 is 11.8 Å². The van der Waals surface area contributed by atoms with Crippen LogP contribution in [0.15, 0.2) is 6.07 Å². The predicted molar refractivity (Wildman–Crippen MR) is 73.5 cm³/mol. The Bertz CT molecular complexity index is 376. The number of hydrazine groups is 1. The third-order valence-corrected chi connectivity index (χ3v) is 3.71. The van der Waals surface area contributed by atoms with Gasteiger partial charge in [0.2, 0.25) is 5.95 Å². The number of nitrogens with two attached hydrogens (primary N) is 1. The number of thioether (sulfide) groups is 1. The van der Waals surface area contributed by atoms with E-state index in [2.05, 4.69) is 34.1 Å². The molecular weight excluding hydrogens is 234 g/mol. The van der Waals surface area contributed by atoms with E-state index in [1.54, 1.807) is 0 Å². The van der Waals surface area contributed by atoms with Gasteiger partial charge < -0.3 is 10.3 Å². The van der Waals surface area contributed by atoms with Crippen molar-refractivity contribution in [2.45, 2.75) is 19.8 Å². The minimum Gasteiger partial charge on any atom is -0.339 e. The SMILES string of the molecule is CC(C)c1cc(NN)nc(N2CCSCC2)n1. The van der Waals surface area contributed by atoms with E-state index in [-0.39, 0.29) is 0 Å². The van der Waals surface area contributed by atoms with Crippen molar-refractivity contribution in [1.29, 1.82) is 0 Å². The number of hydrogen-bond donors (Lipinski definition) is 2. The largest absolute Gasteiger partial charge is 0.339 e. The number of nitrogen functional groups attached to an aromatic ring is 1. The second kappa shape index (κ2) is 5.55. The van der Waals surface area contributed by atoms with E-state index in [9.17, 15) is 0 Å². The third-order valence-electron chi connectivity index (χ3n) is 2.77. The summed E-state index contributed by atoms with van der Waals surface area (Å²) in [6.45, 7) is 6.27. The normalized spacial score (nSPS) is 16.4. The fraction of sp³-hybridized carbons (Fsp3) is 0.636. The minimum atomic E-state index is 0.378. The van der Waals surface area contributed by atoms with Gasteiger partial charge in [-0.05, 0) is 5.92 Å². The van der Waals surface area contributed by atoms with Crippen molar-refractivity contribution in [1.82, 2.24) is 9.97 Å². The highest BCUT2D eigenvalue weighted by Gasteiger charge is 2.16. The lowest BCUT2D eigenvalue weighted by Gasteiger charge is -2.27. The lowest BCUT2D eigenvalue weighted by molar-refractivity contribution is 0.772. The van der Waals surface area contributed by atoms with Crippen LogP contribution in [0.1, 0.15) is 25.5 Å². The first kappa shape index (κ1) is 12.4. The summed E-state index contributed by atoms with van der Waals surface area (Å²) in [6, 6.07) is 1.91. The molecular formula is C11H19N5S. The van der Waals surface area contributed by atoms with Gasteiger partial charge in [-0.1, -0.05) is 13.8 Å². The van der Waals surface area contributed by atoms with Gasteiger partial charge in [0.05, 0.1) is 5.69 Å². The Morgan fingerprint density at radius 1 is 1.35 bits per heavy atom.